The van der Waals surface area contributed by atoms with Gasteiger partial charge in [0.1, 0.15) is 0 Å². The maximum Gasteiger partial charge on any atom is 0.0494 e. The predicted molar refractivity (Wildman–Crippen MR) is 73.6 cm³/mol. The van der Waals surface area contributed by atoms with Crippen LogP contribution in [-0.4, -0.2) is 19.8 Å². The average Bonchev–Trinajstić information content (AvgIpc) is 3.05. The van der Waals surface area contributed by atoms with Crippen LogP contribution in [0, 0.1) is 5.92 Å². The molecule has 0 bridgehead atoms. The van der Waals surface area contributed by atoms with Gasteiger partial charge >= 0.3 is 0 Å². The minimum atomic E-state index is 0.890. The van der Waals surface area contributed by atoms with E-state index in [9.17, 15) is 0 Å². The van der Waals surface area contributed by atoms with Gasteiger partial charge in [-0.2, -0.15) is 0 Å². The molecule has 1 aromatic heterocycles. The van der Waals surface area contributed by atoms with Crippen LogP contribution in [0.4, 0.5) is 0 Å². The van der Waals surface area contributed by atoms with Crippen molar-refractivity contribution in [2.24, 2.45) is 5.92 Å². The lowest BCUT2D eigenvalue weighted by Crippen LogP contribution is -2.15. The fraction of sp³-hybridized carbons (Fsp3) is 0.714. The van der Waals surface area contributed by atoms with Gasteiger partial charge in [-0.25, -0.2) is 0 Å². The van der Waals surface area contributed by atoms with E-state index in [2.05, 4.69) is 24.4 Å². The van der Waals surface area contributed by atoms with Crippen LogP contribution in [-0.2, 0) is 17.7 Å². The molecule has 0 atom stereocenters. The van der Waals surface area contributed by atoms with Crippen molar-refractivity contribution in [3.63, 3.8) is 0 Å². The molecule has 96 valence electrons. The molecule has 0 aromatic carbocycles. The molecule has 3 heteroatoms. The molecule has 0 spiro atoms. The van der Waals surface area contributed by atoms with Gasteiger partial charge in [-0.15, -0.1) is 11.3 Å². The Kier molecular flexibility index (Phi) is 5.49. The largest absolute Gasteiger partial charge is 0.381 e. The first-order valence-corrected chi connectivity index (χ1v) is 7.56. The van der Waals surface area contributed by atoms with E-state index in [1.54, 1.807) is 0 Å². The van der Waals surface area contributed by atoms with Gasteiger partial charge in [0.25, 0.3) is 0 Å². The zero-order chi connectivity index (χ0) is 11.9. The van der Waals surface area contributed by atoms with Crippen LogP contribution >= 0.6 is 11.3 Å². The molecule has 0 amide bonds. The Hall–Kier alpha value is -0.380. The topological polar surface area (TPSA) is 21.3 Å². The molecule has 1 aliphatic carbocycles. The first kappa shape index (κ1) is 13.1. The van der Waals surface area contributed by atoms with E-state index < -0.39 is 0 Å². The van der Waals surface area contributed by atoms with E-state index in [1.807, 2.05) is 11.3 Å². The van der Waals surface area contributed by atoms with E-state index in [-0.39, 0.29) is 0 Å². The van der Waals surface area contributed by atoms with Gasteiger partial charge in [-0.05, 0) is 50.3 Å². The number of nitrogens with one attached hydrogen (secondary N) is 1. The van der Waals surface area contributed by atoms with Gasteiger partial charge in [0, 0.05) is 29.5 Å². The highest BCUT2D eigenvalue weighted by molar-refractivity contribution is 7.11. The molecule has 1 heterocycles. The van der Waals surface area contributed by atoms with E-state index >= 15 is 0 Å². The second-order valence-electron chi connectivity index (χ2n) is 4.77. The fourth-order valence-corrected chi connectivity index (χ4v) is 2.68. The van der Waals surface area contributed by atoms with Gasteiger partial charge in [-0.3, -0.25) is 0 Å². The van der Waals surface area contributed by atoms with E-state index in [0.717, 1.165) is 45.1 Å². The minimum absolute atomic E-state index is 0.890. The summed E-state index contributed by atoms with van der Waals surface area (Å²) in [6.07, 6.45) is 5.05. The lowest BCUT2D eigenvalue weighted by Gasteiger charge is -2.04. The second kappa shape index (κ2) is 7.14. The number of hydrogen-bond acceptors (Lipinski definition) is 3. The summed E-state index contributed by atoms with van der Waals surface area (Å²) in [5.74, 6) is 0.890. The normalized spacial score (nSPS) is 15.4. The summed E-state index contributed by atoms with van der Waals surface area (Å²) in [6.45, 7) is 6.18. The molecule has 1 aromatic rings. The fourth-order valence-electron chi connectivity index (χ4n) is 1.75. The van der Waals surface area contributed by atoms with Crippen molar-refractivity contribution in [1.82, 2.24) is 5.32 Å². The van der Waals surface area contributed by atoms with Crippen molar-refractivity contribution in [3.8, 4) is 0 Å². The van der Waals surface area contributed by atoms with Crippen LogP contribution in [0.2, 0.25) is 0 Å². The van der Waals surface area contributed by atoms with Crippen LogP contribution in [0.3, 0.4) is 0 Å². The van der Waals surface area contributed by atoms with Gasteiger partial charge in [0.2, 0.25) is 0 Å². The first-order chi connectivity index (χ1) is 8.38. The quantitative estimate of drug-likeness (QED) is 0.682. The van der Waals surface area contributed by atoms with Gasteiger partial charge in [0.15, 0.2) is 0 Å². The van der Waals surface area contributed by atoms with Gasteiger partial charge in [-0.1, -0.05) is 6.92 Å². The molecule has 0 radical (unpaired) electrons. The highest BCUT2D eigenvalue weighted by Gasteiger charge is 2.20. The van der Waals surface area contributed by atoms with E-state index in [0.29, 0.717) is 0 Å². The molecule has 1 saturated carbocycles. The third kappa shape index (κ3) is 5.19. The second-order valence-corrected chi connectivity index (χ2v) is 6.02. The van der Waals surface area contributed by atoms with Crippen molar-refractivity contribution in [3.05, 3.63) is 21.9 Å². The number of rotatable bonds is 9. The highest BCUT2D eigenvalue weighted by Crippen LogP contribution is 2.28. The molecule has 1 fully saturated rings. The average molecular weight is 253 g/mol. The molecule has 17 heavy (non-hydrogen) atoms. The number of hydrogen-bond donors (Lipinski definition) is 1. The molecule has 0 saturated heterocycles. The van der Waals surface area contributed by atoms with Crippen LogP contribution in [0.25, 0.3) is 0 Å². The SMILES string of the molecule is CCc1ccc(CNCCCOCC2CC2)s1. The predicted octanol–water partition coefficient (Wildman–Crippen LogP) is 3.22. The Labute approximate surface area is 108 Å². The van der Waals surface area contributed by atoms with Crippen molar-refractivity contribution < 1.29 is 4.74 Å². The third-order valence-electron chi connectivity index (χ3n) is 3.06. The molecule has 2 rings (SSSR count). The van der Waals surface area contributed by atoms with Crippen molar-refractivity contribution >= 4 is 11.3 Å². The summed E-state index contributed by atoms with van der Waals surface area (Å²) in [5.41, 5.74) is 0. The van der Waals surface area contributed by atoms with Crippen molar-refractivity contribution in [1.29, 1.82) is 0 Å². The standard InChI is InChI=1S/C14H23NOS/c1-2-13-6-7-14(17-13)10-15-8-3-9-16-11-12-4-5-12/h6-7,12,15H,2-5,8-11H2,1H3. The van der Waals surface area contributed by atoms with Crippen LogP contribution in [0.5, 0.6) is 0 Å². The Morgan fingerprint density at radius 3 is 2.88 bits per heavy atom. The van der Waals surface area contributed by atoms with Gasteiger partial charge in [0.05, 0.1) is 0 Å². The highest BCUT2D eigenvalue weighted by atomic mass is 32.1. The van der Waals surface area contributed by atoms with Crippen molar-refractivity contribution in [2.75, 3.05) is 19.8 Å². The number of aryl methyl sites for hydroxylation is 1. The van der Waals surface area contributed by atoms with Crippen LogP contribution in [0.1, 0.15) is 35.9 Å². The zero-order valence-corrected chi connectivity index (χ0v) is 11.5. The summed E-state index contributed by atoms with van der Waals surface area (Å²) < 4.78 is 5.59. The number of thiophene rings is 1. The summed E-state index contributed by atoms with van der Waals surface area (Å²) in [4.78, 5) is 2.93. The lowest BCUT2D eigenvalue weighted by molar-refractivity contribution is 0.122. The monoisotopic (exact) mass is 253 g/mol. The molecular weight excluding hydrogens is 230 g/mol. The number of ether oxygens (including phenoxy) is 1. The molecule has 1 N–H and O–H groups in total. The summed E-state index contributed by atoms with van der Waals surface area (Å²) in [5, 5.41) is 3.47. The lowest BCUT2D eigenvalue weighted by atomic mass is 10.3. The van der Waals surface area contributed by atoms with Crippen LogP contribution in [0.15, 0.2) is 12.1 Å². The third-order valence-corrected chi connectivity index (χ3v) is 4.29. The van der Waals surface area contributed by atoms with Gasteiger partial charge < -0.3 is 10.1 Å². The van der Waals surface area contributed by atoms with E-state index in [1.165, 1.54) is 22.6 Å². The Bertz CT molecular complexity index is 320. The summed E-state index contributed by atoms with van der Waals surface area (Å²) in [6, 6.07) is 4.47. The summed E-state index contributed by atoms with van der Waals surface area (Å²) >= 11 is 1.92. The molecular formula is C14H23NOS. The maximum atomic E-state index is 5.59. The van der Waals surface area contributed by atoms with Crippen molar-refractivity contribution in [2.45, 2.75) is 39.2 Å². The maximum absolute atomic E-state index is 5.59. The van der Waals surface area contributed by atoms with Crippen LogP contribution < -0.4 is 5.32 Å². The minimum Gasteiger partial charge on any atom is -0.381 e. The molecule has 0 unspecified atom stereocenters. The Morgan fingerprint density at radius 2 is 2.18 bits per heavy atom. The Balaban J connectivity index is 1.44. The Morgan fingerprint density at radius 1 is 1.35 bits per heavy atom. The first-order valence-electron chi connectivity index (χ1n) is 6.74. The zero-order valence-electron chi connectivity index (χ0n) is 10.7. The van der Waals surface area contributed by atoms with E-state index in [4.69, 9.17) is 4.74 Å². The molecule has 0 aliphatic heterocycles. The molecule has 2 nitrogen and oxygen atoms in total. The molecule has 1 aliphatic rings. The summed E-state index contributed by atoms with van der Waals surface area (Å²) in [7, 11) is 0. The smallest absolute Gasteiger partial charge is 0.0494 e.